The molecule has 2 fully saturated rings. The molecule has 9 nitrogen and oxygen atoms in total. The fourth-order valence-corrected chi connectivity index (χ4v) is 6.82. The molecule has 2 atom stereocenters. The van der Waals surface area contributed by atoms with E-state index in [-0.39, 0.29) is 68.3 Å². The summed E-state index contributed by atoms with van der Waals surface area (Å²) in [6, 6.07) is 18.3. The fourth-order valence-electron chi connectivity index (χ4n) is 6.08. The Kier molecular flexibility index (Phi) is 8.40. The van der Waals surface area contributed by atoms with Crippen LogP contribution in [0, 0.1) is 5.82 Å². The van der Waals surface area contributed by atoms with Crippen LogP contribution in [0.4, 0.5) is 4.39 Å². The first-order chi connectivity index (χ1) is 21.3. The molecule has 0 bridgehead atoms. The van der Waals surface area contributed by atoms with Gasteiger partial charge in [0.15, 0.2) is 0 Å². The molecule has 0 unspecified atom stereocenters. The van der Waals surface area contributed by atoms with Crippen LogP contribution in [-0.4, -0.2) is 79.5 Å². The number of hydrogen-bond donors (Lipinski definition) is 1. The second kappa shape index (κ2) is 12.6. The van der Waals surface area contributed by atoms with E-state index in [0.29, 0.717) is 22.2 Å². The van der Waals surface area contributed by atoms with Crippen molar-refractivity contribution in [1.29, 1.82) is 0 Å². The van der Waals surface area contributed by atoms with Gasteiger partial charge in [-0.3, -0.25) is 14.4 Å². The number of carbonyl (C=O) groups is 3. The van der Waals surface area contributed by atoms with Crippen molar-refractivity contribution >= 4 is 39.3 Å². The monoisotopic (exact) mass is 613 g/mol. The van der Waals surface area contributed by atoms with Crippen LogP contribution in [0.25, 0.3) is 10.2 Å². The Bertz CT molecular complexity index is 1700. The van der Waals surface area contributed by atoms with Crippen LogP contribution in [0.5, 0.6) is 5.75 Å². The largest absolute Gasteiger partial charge is 0.508 e. The van der Waals surface area contributed by atoms with Crippen molar-refractivity contribution in [2.24, 2.45) is 0 Å². The number of amides is 3. The second-order valence-corrected chi connectivity index (χ2v) is 11.8. The van der Waals surface area contributed by atoms with Gasteiger partial charge in [-0.05, 0) is 41.3 Å². The molecule has 44 heavy (non-hydrogen) atoms. The van der Waals surface area contributed by atoms with Crippen LogP contribution < -0.4 is 0 Å². The first-order valence-corrected chi connectivity index (χ1v) is 15.3. The number of halogens is 1. The summed E-state index contributed by atoms with van der Waals surface area (Å²) in [5, 5.41) is 13.1. The molecule has 2 aliphatic heterocycles. The van der Waals surface area contributed by atoms with E-state index in [1.54, 1.807) is 61.7 Å². The molecule has 3 heterocycles. The molecule has 0 saturated carbocycles. The predicted molar refractivity (Wildman–Crippen MR) is 165 cm³/mol. The van der Waals surface area contributed by atoms with Crippen LogP contribution in [0.3, 0.4) is 0 Å². The zero-order valence-corrected chi connectivity index (χ0v) is 24.8. The first kappa shape index (κ1) is 29.5. The summed E-state index contributed by atoms with van der Waals surface area (Å²) in [6.45, 7) is 4.25. The van der Waals surface area contributed by atoms with Crippen molar-refractivity contribution in [3.63, 3.8) is 0 Å². The van der Waals surface area contributed by atoms with E-state index in [4.69, 9.17) is 0 Å². The lowest BCUT2D eigenvalue weighted by Gasteiger charge is -2.55. The number of fused-ring (bicyclic) bond motifs is 2. The number of hydrazine groups is 1. The van der Waals surface area contributed by atoms with Gasteiger partial charge in [0.25, 0.3) is 0 Å². The van der Waals surface area contributed by atoms with Crippen molar-refractivity contribution in [2.75, 3.05) is 19.6 Å². The Hall–Kier alpha value is -4.61. The number of thiazole rings is 1. The highest BCUT2D eigenvalue weighted by molar-refractivity contribution is 7.16. The SMILES string of the molecule is C=CCN1CC(=O)N2[C@@H](Cc3ccc(O)cc3)C(=O)N(Cc3ccc(F)c4scnc34)C[C@@H]2N1C(=O)CCc1ccccc1. The molecule has 11 heteroatoms. The van der Waals surface area contributed by atoms with Gasteiger partial charge in [-0.2, -0.15) is 0 Å². The van der Waals surface area contributed by atoms with E-state index < -0.39 is 12.2 Å². The zero-order valence-electron chi connectivity index (χ0n) is 24.0. The lowest BCUT2D eigenvalue weighted by atomic mass is 9.98. The predicted octanol–water partition coefficient (Wildman–Crippen LogP) is 4.13. The van der Waals surface area contributed by atoms with Gasteiger partial charge < -0.3 is 14.9 Å². The Morgan fingerprint density at radius 1 is 1.07 bits per heavy atom. The number of piperazine rings is 1. The van der Waals surface area contributed by atoms with E-state index in [2.05, 4.69) is 11.6 Å². The molecule has 2 aliphatic rings. The van der Waals surface area contributed by atoms with Gasteiger partial charge in [0, 0.05) is 25.9 Å². The molecule has 0 radical (unpaired) electrons. The van der Waals surface area contributed by atoms with Crippen molar-refractivity contribution in [3.8, 4) is 5.75 Å². The van der Waals surface area contributed by atoms with Crippen LogP contribution in [0.15, 0.2) is 84.9 Å². The second-order valence-electron chi connectivity index (χ2n) is 11.0. The standard InChI is InChI=1S/C33H32FN5O4S/c1-2-16-37-20-30(42)38-27(17-23-8-12-25(40)13-9-23)33(43)36(18-24-11-14-26(34)32-31(24)35-21-44-32)19-28(38)39(37)29(41)15-10-22-6-4-3-5-7-22/h2-9,11-14,21,27-28,40H,1,10,15-20H2/t27-,28-/m0/s1. The molecule has 4 aromatic rings. The highest BCUT2D eigenvalue weighted by Gasteiger charge is 2.51. The maximum absolute atomic E-state index is 14.5. The molecule has 6 rings (SSSR count). The number of aromatic hydroxyl groups is 1. The van der Waals surface area contributed by atoms with E-state index in [1.165, 1.54) is 17.4 Å². The maximum atomic E-state index is 14.5. The molecule has 226 valence electrons. The molecule has 1 aromatic heterocycles. The van der Waals surface area contributed by atoms with Crippen LogP contribution in [-0.2, 0) is 33.8 Å². The van der Waals surface area contributed by atoms with E-state index in [0.717, 1.165) is 11.1 Å². The van der Waals surface area contributed by atoms with Crippen molar-refractivity contribution in [1.82, 2.24) is 24.8 Å². The number of hydrogen-bond acceptors (Lipinski definition) is 7. The molecular weight excluding hydrogens is 581 g/mol. The van der Waals surface area contributed by atoms with Gasteiger partial charge in [0.2, 0.25) is 17.7 Å². The van der Waals surface area contributed by atoms with Crippen molar-refractivity contribution < 1.29 is 23.9 Å². The summed E-state index contributed by atoms with van der Waals surface area (Å²) in [4.78, 5) is 49.5. The summed E-state index contributed by atoms with van der Waals surface area (Å²) >= 11 is 1.19. The summed E-state index contributed by atoms with van der Waals surface area (Å²) in [5.41, 5.74) is 4.53. The average Bonchev–Trinajstić information content (AvgIpc) is 3.52. The lowest BCUT2D eigenvalue weighted by Crippen LogP contribution is -2.75. The molecule has 3 aromatic carbocycles. The first-order valence-electron chi connectivity index (χ1n) is 14.4. The Balaban J connectivity index is 1.37. The summed E-state index contributed by atoms with van der Waals surface area (Å²) in [6.07, 6.45) is 1.82. The topological polar surface area (TPSA) is 97.3 Å². The van der Waals surface area contributed by atoms with E-state index in [1.807, 2.05) is 30.3 Å². The molecule has 0 spiro atoms. The average molecular weight is 614 g/mol. The van der Waals surface area contributed by atoms with Crippen molar-refractivity contribution in [3.05, 3.63) is 107 Å². The number of aromatic nitrogens is 1. The number of benzene rings is 3. The normalized spacial score (nSPS) is 19.0. The minimum Gasteiger partial charge on any atom is -0.508 e. The van der Waals surface area contributed by atoms with Gasteiger partial charge in [0.1, 0.15) is 23.8 Å². The fraction of sp³-hybridized carbons (Fsp3) is 0.273. The van der Waals surface area contributed by atoms with E-state index >= 15 is 0 Å². The molecular formula is C33H32FN5O4S. The Morgan fingerprint density at radius 2 is 1.84 bits per heavy atom. The molecule has 1 N–H and O–H groups in total. The summed E-state index contributed by atoms with van der Waals surface area (Å²) < 4.78 is 14.9. The van der Waals surface area contributed by atoms with Gasteiger partial charge in [-0.15, -0.1) is 17.9 Å². The number of nitrogens with zero attached hydrogens (tertiary/aromatic N) is 5. The van der Waals surface area contributed by atoms with Crippen LogP contribution in [0.1, 0.15) is 23.1 Å². The number of phenolic OH excluding ortho intramolecular Hbond substituents is 1. The Labute approximate surface area is 258 Å². The molecule has 2 saturated heterocycles. The highest BCUT2D eigenvalue weighted by Crippen LogP contribution is 2.32. The van der Waals surface area contributed by atoms with Gasteiger partial charge >= 0.3 is 0 Å². The lowest BCUT2D eigenvalue weighted by molar-refractivity contribution is -0.205. The third-order valence-electron chi connectivity index (χ3n) is 8.14. The smallest absolute Gasteiger partial charge is 0.246 e. The van der Waals surface area contributed by atoms with E-state index in [9.17, 15) is 23.9 Å². The number of phenols is 1. The number of rotatable bonds is 9. The quantitative estimate of drug-likeness (QED) is 0.285. The third kappa shape index (κ3) is 5.80. The molecule has 0 aliphatic carbocycles. The van der Waals surface area contributed by atoms with Crippen LogP contribution >= 0.6 is 11.3 Å². The zero-order chi connectivity index (χ0) is 30.8. The minimum atomic E-state index is -0.896. The number of carbonyl (C=O) groups excluding carboxylic acids is 3. The summed E-state index contributed by atoms with van der Waals surface area (Å²) in [7, 11) is 0. The maximum Gasteiger partial charge on any atom is 0.246 e. The van der Waals surface area contributed by atoms with Gasteiger partial charge in [-0.1, -0.05) is 54.6 Å². The van der Waals surface area contributed by atoms with Crippen molar-refractivity contribution in [2.45, 2.75) is 38.0 Å². The van der Waals surface area contributed by atoms with Gasteiger partial charge in [-0.25, -0.2) is 19.4 Å². The summed E-state index contributed by atoms with van der Waals surface area (Å²) in [5.74, 6) is -0.981. The highest BCUT2D eigenvalue weighted by atomic mass is 32.1. The molecule has 3 amide bonds. The van der Waals surface area contributed by atoms with Crippen LogP contribution in [0.2, 0.25) is 0 Å². The van der Waals surface area contributed by atoms with Gasteiger partial charge in [0.05, 0.1) is 28.8 Å². The third-order valence-corrected chi connectivity index (χ3v) is 8.98. The minimum absolute atomic E-state index is 0.0731. The Morgan fingerprint density at radius 3 is 2.59 bits per heavy atom. The number of aryl methyl sites for hydroxylation is 1.